The summed E-state index contributed by atoms with van der Waals surface area (Å²) < 4.78 is 5.56. The monoisotopic (exact) mass is 331 g/mol. The maximum atomic E-state index is 6.02. The second-order valence-corrected chi connectivity index (χ2v) is 5.13. The van der Waals surface area contributed by atoms with Crippen molar-refractivity contribution < 1.29 is 4.74 Å². The number of hydrogen-bond donors (Lipinski definition) is 1. The van der Waals surface area contributed by atoms with E-state index in [2.05, 4.69) is 15.3 Å². The van der Waals surface area contributed by atoms with Gasteiger partial charge in [0.05, 0.1) is 33.2 Å². The fourth-order valence-corrected chi connectivity index (χ4v) is 2.06. The van der Waals surface area contributed by atoms with E-state index < -0.39 is 0 Å². The van der Waals surface area contributed by atoms with E-state index in [1.165, 1.54) is 0 Å². The third-order valence-electron chi connectivity index (χ3n) is 2.41. The van der Waals surface area contributed by atoms with E-state index in [-0.39, 0.29) is 6.61 Å². The summed E-state index contributed by atoms with van der Waals surface area (Å²) in [6, 6.07) is 3.12. The summed E-state index contributed by atoms with van der Waals surface area (Å²) in [5, 5.41) is 4.24. The van der Waals surface area contributed by atoms with Crippen LogP contribution in [0.25, 0.3) is 0 Å². The van der Waals surface area contributed by atoms with Crippen molar-refractivity contribution in [2.75, 3.05) is 11.9 Å². The van der Waals surface area contributed by atoms with Gasteiger partial charge in [-0.2, -0.15) is 0 Å². The van der Waals surface area contributed by atoms with Crippen molar-refractivity contribution in [2.45, 2.75) is 13.5 Å². The molecule has 2 rings (SSSR count). The molecule has 0 aliphatic carbocycles. The predicted octanol–water partition coefficient (Wildman–Crippen LogP) is 4.45. The Morgan fingerprint density at radius 3 is 2.45 bits per heavy atom. The lowest BCUT2D eigenvalue weighted by molar-refractivity contribution is 0.301. The Labute approximate surface area is 132 Å². The van der Waals surface area contributed by atoms with Crippen LogP contribution < -0.4 is 10.1 Å². The molecule has 0 spiro atoms. The van der Waals surface area contributed by atoms with Crippen molar-refractivity contribution in [1.82, 2.24) is 9.97 Å². The third-order valence-corrected chi connectivity index (χ3v) is 3.43. The van der Waals surface area contributed by atoms with Gasteiger partial charge < -0.3 is 10.1 Å². The Hall–Kier alpha value is -1.23. The largest absolute Gasteiger partial charge is 0.486 e. The molecule has 0 bridgehead atoms. The van der Waals surface area contributed by atoms with Gasteiger partial charge in [0.15, 0.2) is 0 Å². The van der Waals surface area contributed by atoms with Gasteiger partial charge in [0.1, 0.15) is 18.2 Å². The number of hydrogen-bond acceptors (Lipinski definition) is 4. The van der Waals surface area contributed by atoms with Crippen molar-refractivity contribution in [3.05, 3.63) is 45.3 Å². The molecule has 0 amide bonds. The normalized spacial score (nSPS) is 10.4. The molecule has 0 saturated heterocycles. The molecule has 2 aromatic rings. The molecule has 1 N–H and O–H groups in total. The lowest BCUT2D eigenvalue weighted by Gasteiger charge is -2.09. The van der Waals surface area contributed by atoms with Gasteiger partial charge in [0.2, 0.25) is 0 Å². The first-order chi connectivity index (χ1) is 9.60. The van der Waals surface area contributed by atoms with Crippen molar-refractivity contribution in [1.29, 1.82) is 0 Å². The highest BCUT2D eigenvalue weighted by Crippen LogP contribution is 2.34. The summed E-state index contributed by atoms with van der Waals surface area (Å²) >= 11 is 17.8. The van der Waals surface area contributed by atoms with Crippen molar-refractivity contribution >= 4 is 40.6 Å². The average Bonchev–Trinajstić information content (AvgIpc) is 2.43. The van der Waals surface area contributed by atoms with Crippen LogP contribution in [-0.2, 0) is 6.61 Å². The molecule has 1 heterocycles. The van der Waals surface area contributed by atoms with Gasteiger partial charge in [-0.3, -0.25) is 4.98 Å². The second kappa shape index (κ2) is 6.97. The molecule has 0 fully saturated rings. The van der Waals surface area contributed by atoms with Crippen LogP contribution in [0, 0.1) is 0 Å². The predicted molar refractivity (Wildman–Crippen MR) is 82.0 cm³/mol. The van der Waals surface area contributed by atoms with Crippen LogP contribution >= 0.6 is 34.8 Å². The summed E-state index contributed by atoms with van der Waals surface area (Å²) in [6.07, 6.45) is 3.29. The van der Waals surface area contributed by atoms with Crippen LogP contribution in [-0.4, -0.2) is 16.5 Å². The summed E-state index contributed by atoms with van der Waals surface area (Å²) in [5.74, 6) is 1.18. The van der Waals surface area contributed by atoms with E-state index in [0.29, 0.717) is 26.5 Å². The molecule has 20 heavy (non-hydrogen) atoms. The Bertz CT molecular complexity index is 590. The number of nitrogens with one attached hydrogen (secondary N) is 1. The minimum Gasteiger partial charge on any atom is -0.486 e. The van der Waals surface area contributed by atoms with Gasteiger partial charge in [-0.25, -0.2) is 4.98 Å². The number of halogens is 3. The maximum Gasteiger partial charge on any atom is 0.144 e. The Kier molecular flexibility index (Phi) is 5.29. The minimum absolute atomic E-state index is 0.247. The minimum atomic E-state index is 0.247. The zero-order valence-electron chi connectivity index (χ0n) is 10.7. The molecule has 4 nitrogen and oxygen atoms in total. The summed E-state index contributed by atoms with van der Waals surface area (Å²) in [4.78, 5) is 8.43. The molecular weight excluding hydrogens is 321 g/mol. The third kappa shape index (κ3) is 3.88. The van der Waals surface area contributed by atoms with Crippen molar-refractivity contribution in [3.63, 3.8) is 0 Å². The Morgan fingerprint density at radius 1 is 1.05 bits per heavy atom. The molecule has 1 aromatic carbocycles. The molecule has 0 saturated carbocycles. The van der Waals surface area contributed by atoms with E-state index in [1.54, 1.807) is 24.5 Å². The molecule has 106 valence electrons. The SMILES string of the molecule is CCNc1cnc(COc2cc(Cl)c(Cl)cc2Cl)cn1. The maximum absolute atomic E-state index is 6.02. The molecular formula is C13H12Cl3N3O. The first kappa shape index (κ1) is 15.2. The van der Waals surface area contributed by atoms with Crippen LogP contribution in [0.15, 0.2) is 24.5 Å². The molecule has 0 unspecified atom stereocenters. The van der Waals surface area contributed by atoms with Crippen LogP contribution in [0.2, 0.25) is 15.1 Å². The van der Waals surface area contributed by atoms with E-state index in [9.17, 15) is 0 Å². The second-order valence-electron chi connectivity index (χ2n) is 3.91. The standard InChI is InChI=1S/C13H12Cl3N3O/c1-2-17-13-6-18-8(5-19-13)7-20-12-4-10(15)9(14)3-11(12)16/h3-6H,2,7H2,1H3,(H,17,19). The zero-order valence-corrected chi connectivity index (χ0v) is 12.9. The summed E-state index contributed by atoms with van der Waals surface area (Å²) in [5.41, 5.74) is 0.689. The number of nitrogens with zero attached hydrogens (tertiary/aromatic N) is 2. The van der Waals surface area contributed by atoms with Crippen LogP contribution in [0.3, 0.4) is 0 Å². The van der Waals surface area contributed by atoms with E-state index in [0.717, 1.165) is 12.4 Å². The number of benzene rings is 1. The number of rotatable bonds is 5. The lowest BCUT2D eigenvalue weighted by atomic mass is 10.3. The highest BCUT2D eigenvalue weighted by Gasteiger charge is 2.08. The van der Waals surface area contributed by atoms with Crippen molar-refractivity contribution in [3.8, 4) is 5.75 Å². The van der Waals surface area contributed by atoms with Crippen LogP contribution in [0.1, 0.15) is 12.6 Å². The molecule has 0 radical (unpaired) electrons. The molecule has 0 atom stereocenters. The first-order valence-electron chi connectivity index (χ1n) is 5.92. The highest BCUT2D eigenvalue weighted by atomic mass is 35.5. The highest BCUT2D eigenvalue weighted by molar-refractivity contribution is 6.43. The van der Waals surface area contributed by atoms with E-state index >= 15 is 0 Å². The summed E-state index contributed by atoms with van der Waals surface area (Å²) in [6.45, 7) is 3.03. The molecule has 0 aliphatic heterocycles. The quantitative estimate of drug-likeness (QED) is 0.822. The smallest absolute Gasteiger partial charge is 0.144 e. The first-order valence-corrected chi connectivity index (χ1v) is 7.05. The fraction of sp³-hybridized carbons (Fsp3) is 0.231. The Morgan fingerprint density at radius 2 is 1.80 bits per heavy atom. The molecule has 1 aromatic heterocycles. The fourth-order valence-electron chi connectivity index (χ4n) is 1.47. The van der Waals surface area contributed by atoms with Gasteiger partial charge in [-0.1, -0.05) is 34.8 Å². The van der Waals surface area contributed by atoms with E-state index in [1.807, 2.05) is 6.92 Å². The molecule has 7 heteroatoms. The molecule has 0 aliphatic rings. The van der Waals surface area contributed by atoms with Crippen LogP contribution in [0.4, 0.5) is 5.82 Å². The van der Waals surface area contributed by atoms with E-state index in [4.69, 9.17) is 39.5 Å². The van der Waals surface area contributed by atoms with Gasteiger partial charge in [-0.15, -0.1) is 0 Å². The van der Waals surface area contributed by atoms with Gasteiger partial charge >= 0.3 is 0 Å². The van der Waals surface area contributed by atoms with Gasteiger partial charge in [0, 0.05) is 12.6 Å². The Balaban J connectivity index is 2.03. The number of aromatic nitrogens is 2. The lowest BCUT2D eigenvalue weighted by Crippen LogP contribution is -2.03. The van der Waals surface area contributed by atoms with Gasteiger partial charge in [0.25, 0.3) is 0 Å². The van der Waals surface area contributed by atoms with Gasteiger partial charge in [-0.05, 0) is 13.0 Å². The number of ether oxygens (including phenoxy) is 1. The average molecular weight is 333 g/mol. The summed E-state index contributed by atoms with van der Waals surface area (Å²) in [7, 11) is 0. The van der Waals surface area contributed by atoms with Crippen LogP contribution in [0.5, 0.6) is 5.75 Å². The van der Waals surface area contributed by atoms with Crippen molar-refractivity contribution in [2.24, 2.45) is 0 Å². The number of anilines is 1. The topological polar surface area (TPSA) is 47.0 Å². The zero-order chi connectivity index (χ0) is 14.5.